The molecule has 1 N–H and O–H groups in total. The fourth-order valence-corrected chi connectivity index (χ4v) is 3.21. The van der Waals surface area contributed by atoms with E-state index in [2.05, 4.69) is 35.1 Å². The van der Waals surface area contributed by atoms with Crippen molar-refractivity contribution in [2.24, 2.45) is 5.92 Å². The first-order valence-electron chi connectivity index (χ1n) is 8.61. The van der Waals surface area contributed by atoms with Crippen molar-refractivity contribution in [3.8, 4) is 17.2 Å². The number of benzene rings is 2. The Balaban J connectivity index is 1.66. The van der Waals surface area contributed by atoms with Gasteiger partial charge in [-0.2, -0.15) is 0 Å². The summed E-state index contributed by atoms with van der Waals surface area (Å²) in [6.45, 7) is 5.18. The number of rotatable bonds is 6. The molecule has 0 fully saturated rings. The SMILES string of the molecule is CC(C)[C@@H](NC(=O)COc1ccccc1Br)c1ccc2c(c1)OCCO2. The van der Waals surface area contributed by atoms with E-state index in [1.165, 1.54) is 0 Å². The van der Waals surface area contributed by atoms with E-state index >= 15 is 0 Å². The average molecular weight is 420 g/mol. The fraction of sp³-hybridized carbons (Fsp3) is 0.350. The van der Waals surface area contributed by atoms with E-state index in [0.29, 0.717) is 19.0 Å². The first-order valence-corrected chi connectivity index (χ1v) is 9.40. The molecule has 6 heteroatoms. The molecule has 0 radical (unpaired) electrons. The third-order valence-electron chi connectivity index (χ3n) is 4.10. The molecule has 1 aliphatic rings. The molecule has 3 rings (SSSR count). The molecule has 0 saturated heterocycles. The minimum Gasteiger partial charge on any atom is -0.486 e. The van der Waals surface area contributed by atoms with Crippen LogP contribution in [0.25, 0.3) is 0 Å². The Morgan fingerprint density at radius 1 is 1.15 bits per heavy atom. The minimum absolute atomic E-state index is 0.0453. The van der Waals surface area contributed by atoms with Crippen LogP contribution >= 0.6 is 15.9 Å². The number of halogens is 1. The standard InChI is InChI=1S/C20H22BrNO4/c1-13(2)20(14-7-8-17-18(11-14)25-10-9-24-17)22-19(23)12-26-16-6-4-3-5-15(16)21/h3-8,11,13,20H,9-10,12H2,1-2H3,(H,22,23)/t20-/m1/s1. The molecule has 0 bridgehead atoms. The minimum atomic E-state index is -0.172. The van der Waals surface area contributed by atoms with Gasteiger partial charge >= 0.3 is 0 Å². The van der Waals surface area contributed by atoms with Gasteiger partial charge in [-0.1, -0.05) is 32.0 Å². The number of carbonyl (C=O) groups is 1. The maximum atomic E-state index is 12.4. The van der Waals surface area contributed by atoms with E-state index in [1.54, 1.807) is 0 Å². The van der Waals surface area contributed by atoms with E-state index in [1.807, 2.05) is 42.5 Å². The predicted octanol–water partition coefficient (Wildman–Crippen LogP) is 4.11. The second-order valence-corrected chi connectivity index (χ2v) is 7.27. The normalized spacial score (nSPS) is 14.0. The number of hydrogen-bond acceptors (Lipinski definition) is 4. The number of fused-ring (bicyclic) bond motifs is 1. The summed E-state index contributed by atoms with van der Waals surface area (Å²) in [5, 5.41) is 3.05. The smallest absolute Gasteiger partial charge is 0.258 e. The summed E-state index contributed by atoms with van der Waals surface area (Å²) in [5.74, 6) is 2.14. The number of amides is 1. The molecule has 0 spiro atoms. The quantitative estimate of drug-likeness (QED) is 0.764. The van der Waals surface area contributed by atoms with Crippen molar-refractivity contribution in [3.05, 3.63) is 52.5 Å². The van der Waals surface area contributed by atoms with E-state index in [-0.39, 0.29) is 24.5 Å². The van der Waals surface area contributed by atoms with Gasteiger partial charge in [-0.05, 0) is 51.7 Å². The molecule has 1 aliphatic heterocycles. The van der Waals surface area contributed by atoms with Crippen molar-refractivity contribution in [3.63, 3.8) is 0 Å². The third-order valence-corrected chi connectivity index (χ3v) is 4.76. The highest BCUT2D eigenvalue weighted by atomic mass is 79.9. The number of hydrogen-bond donors (Lipinski definition) is 1. The Morgan fingerprint density at radius 2 is 1.88 bits per heavy atom. The van der Waals surface area contributed by atoms with Gasteiger partial charge in [0.25, 0.3) is 5.91 Å². The largest absolute Gasteiger partial charge is 0.486 e. The van der Waals surface area contributed by atoms with Gasteiger partial charge < -0.3 is 19.5 Å². The highest BCUT2D eigenvalue weighted by Gasteiger charge is 2.21. The van der Waals surface area contributed by atoms with E-state index < -0.39 is 0 Å². The molecule has 0 aromatic heterocycles. The van der Waals surface area contributed by atoms with Crippen molar-refractivity contribution in [1.29, 1.82) is 0 Å². The molecule has 1 atom stereocenters. The number of para-hydroxylation sites is 1. The van der Waals surface area contributed by atoms with Crippen LogP contribution < -0.4 is 19.5 Å². The Labute approximate surface area is 161 Å². The van der Waals surface area contributed by atoms with Gasteiger partial charge in [-0.3, -0.25) is 4.79 Å². The lowest BCUT2D eigenvalue weighted by molar-refractivity contribution is -0.124. The number of nitrogens with one attached hydrogen (secondary N) is 1. The zero-order chi connectivity index (χ0) is 18.5. The first kappa shape index (κ1) is 18.6. The van der Waals surface area contributed by atoms with Crippen LogP contribution in [0.1, 0.15) is 25.5 Å². The Bertz CT molecular complexity index is 778. The van der Waals surface area contributed by atoms with Gasteiger partial charge in [0.2, 0.25) is 0 Å². The number of ether oxygens (including phenoxy) is 3. The molecule has 1 amide bonds. The second kappa shape index (κ2) is 8.45. The molecule has 2 aromatic rings. The molecule has 0 aliphatic carbocycles. The van der Waals surface area contributed by atoms with Gasteiger partial charge in [0.15, 0.2) is 18.1 Å². The summed E-state index contributed by atoms with van der Waals surface area (Å²) in [6.07, 6.45) is 0. The van der Waals surface area contributed by atoms with Crippen LogP contribution in [-0.2, 0) is 4.79 Å². The lowest BCUT2D eigenvalue weighted by atomic mass is 9.95. The van der Waals surface area contributed by atoms with E-state index in [4.69, 9.17) is 14.2 Å². The van der Waals surface area contributed by atoms with E-state index in [0.717, 1.165) is 21.5 Å². The summed E-state index contributed by atoms with van der Waals surface area (Å²) in [6, 6.07) is 13.1. The van der Waals surface area contributed by atoms with Crippen molar-refractivity contribution < 1.29 is 19.0 Å². The van der Waals surface area contributed by atoms with Crippen molar-refractivity contribution >= 4 is 21.8 Å². The van der Waals surface area contributed by atoms with Crippen LogP contribution in [0.2, 0.25) is 0 Å². The molecular formula is C20H22BrNO4. The molecular weight excluding hydrogens is 398 g/mol. The van der Waals surface area contributed by atoms with Crippen LogP contribution in [-0.4, -0.2) is 25.7 Å². The van der Waals surface area contributed by atoms with Crippen LogP contribution in [0, 0.1) is 5.92 Å². The van der Waals surface area contributed by atoms with Crippen molar-refractivity contribution in [1.82, 2.24) is 5.32 Å². The molecule has 5 nitrogen and oxygen atoms in total. The fourth-order valence-electron chi connectivity index (χ4n) is 2.81. The average Bonchev–Trinajstić information content (AvgIpc) is 2.65. The highest BCUT2D eigenvalue weighted by molar-refractivity contribution is 9.10. The van der Waals surface area contributed by atoms with Gasteiger partial charge in [0.05, 0.1) is 10.5 Å². The Kier molecular flexibility index (Phi) is 6.04. The lowest BCUT2D eigenvalue weighted by Gasteiger charge is -2.25. The zero-order valence-electron chi connectivity index (χ0n) is 14.8. The summed E-state index contributed by atoms with van der Waals surface area (Å²) in [5.41, 5.74) is 0.985. The summed E-state index contributed by atoms with van der Waals surface area (Å²) in [7, 11) is 0. The molecule has 138 valence electrons. The molecule has 2 aromatic carbocycles. The Hall–Kier alpha value is -2.21. The van der Waals surface area contributed by atoms with Gasteiger partial charge in [0, 0.05) is 0 Å². The zero-order valence-corrected chi connectivity index (χ0v) is 16.4. The number of carbonyl (C=O) groups excluding carboxylic acids is 1. The molecule has 0 saturated carbocycles. The van der Waals surface area contributed by atoms with E-state index in [9.17, 15) is 4.79 Å². The monoisotopic (exact) mass is 419 g/mol. The van der Waals surface area contributed by atoms with Gasteiger partial charge in [0.1, 0.15) is 19.0 Å². The third kappa shape index (κ3) is 4.49. The summed E-state index contributed by atoms with van der Waals surface area (Å²) in [4.78, 5) is 12.4. The van der Waals surface area contributed by atoms with Crippen LogP contribution in [0.3, 0.4) is 0 Å². The van der Waals surface area contributed by atoms with Crippen LogP contribution in [0.5, 0.6) is 17.2 Å². The van der Waals surface area contributed by atoms with Crippen LogP contribution in [0.15, 0.2) is 46.9 Å². The highest BCUT2D eigenvalue weighted by Crippen LogP contribution is 2.34. The maximum absolute atomic E-state index is 12.4. The summed E-state index contributed by atoms with van der Waals surface area (Å²) >= 11 is 3.41. The van der Waals surface area contributed by atoms with Crippen molar-refractivity contribution in [2.45, 2.75) is 19.9 Å². The molecule has 26 heavy (non-hydrogen) atoms. The van der Waals surface area contributed by atoms with Crippen molar-refractivity contribution in [2.75, 3.05) is 19.8 Å². The lowest BCUT2D eigenvalue weighted by Crippen LogP contribution is -2.35. The topological polar surface area (TPSA) is 56.8 Å². The first-order chi connectivity index (χ1) is 12.5. The second-order valence-electron chi connectivity index (χ2n) is 6.41. The summed E-state index contributed by atoms with van der Waals surface area (Å²) < 4.78 is 17.6. The van der Waals surface area contributed by atoms with Gasteiger partial charge in [-0.25, -0.2) is 0 Å². The predicted molar refractivity (Wildman–Crippen MR) is 103 cm³/mol. The molecule has 0 unspecified atom stereocenters. The maximum Gasteiger partial charge on any atom is 0.258 e. The van der Waals surface area contributed by atoms with Gasteiger partial charge in [-0.15, -0.1) is 0 Å². The molecule has 1 heterocycles. The Morgan fingerprint density at radius 3 is 2.62 bits per heavy atom. The van der Waals surface area contributed by atoms with Crippen LogP contribution in [0.4, 0.5) is 0 Å².